The van der Waals surface area contributed by atoms with Crippen molar-refractivity contribution in [2.24, 2.45) is 0 Å². The fraction of sp³-hybridized carbons (Fsp3) is 0.385. The number of fused-ring (bicyclic) bond motifs is 1. The number of aromatic nitrogens is 3. The van der Waals surface area contributed by atoms with Gasteiger partial charge in [-0.15, -0.1) is 0 Å². The Kier molecular flexibility index (Phi) is 6.28. The number of aliphatic hydroxyl groups is 1. The number of aliphatic hydroxyl groups excluding tert-OH is 1. The van der Waals surface area contributed by atoms with Crippen LogP contribution in [0.2, 0.25) is 0 Å². The standard InChI is InChI=1S/C26H25F2N5O3/c1-14-7-23(30-9-16(14)8-29)33-11-17(24(31-33)25(27)28)10-32-6-5-22(34)20(12-32)18-3-4-19-21(15(18)2)13-36-26(19)35/h3-4,7,9,11,20,22,25,34H,5-6,10,12-13H2,1-2H3/t20-,22+/m0/s1. The predicted molar refractivity (Wildman–Crippen MR) is 125 cm³/mol. The van der Waals surface area contributed by atoms with Gasteiger partial charge in [0, 0.05) is 49.1 Å². The third-order valence-corrected chi connectivity index (χ3v) is 7.14. The minimum absolute atomic E-state index is 0.222. The van der Waals surface area contributed by atoms with Crippen LogP contribution in [0, 0.1) is 25.2 Å². The van der Waals surface area contributed by atoms with Gasteiger partial charge in [-0.1, -0.05) is 6.07 Å². The molecule has 36 heavy (non-hydrogen) atoms. The number of hydrogen-bond acceptors (Lipinski definition) is 7. The minimum atomic E-state index is -2.76. The Morgan fingerprint density at radius 2 is 2.14 bits per heavy atom. The van der Waals surface area contributed by atoms with Crippen LogP contribution in [0.3, 0.4) is 0 Å². The van der Waals surface area contributed by atoms with Crippen molar-refractivity contribution in [1.82, 2.24) is 19.7 Å². The van der Waals surface area contributed by atoms with Gasteiger partial charge in [-0.2, -0.15) is 10.4 Å². The third kappa shape index (κ3) is 4.25. The highest BCUT2D eigenvalue weighted by atomic mass is 19.3. The maximum Gasteiger partial charge on any atom is 0.338 e. The van der Waals surface area contributed by atoms with Crippen molar-refractivity contribution in [2.45, 2.75) is 51.9 Å². The lowest BCUT2D eigenvalue weighted by Crippen LogP contribution is -2.41. The zero-order valence-electron chi connectivity index (χ0n) is 19.9. The number of rotatable bonds is 5. The number of cyclic esters (lactones) is 1. The Morgan fingerprint density at radius 1 is 1.33 bits per heavy atom. The number of ether oxygens (including phenoxy) is 1. The van der Waals surface area contributed by atoms with E-state index in [1.165, 1.54) is 10.9 Å². The summed E-state index contributed by atoms with van der Waals surface area (Å²) in [5.74, 6) is -0.210. The molecule has 1 aromatic carbocycles. The van der Waals surface area contributed by atoms with E-state index in [1.807, 2.05) is 24.0 Å². The van der Waals surface area contributed by atoms with Crippen LogP contribution >= 0.6 is 0 Å². The molecule has 3 aromatic rings. The Bertz CT molecular complexity index is 1380. The van der Waals surface area contributed by atoms with Gasteiger partial charge in [-0.05, 0) is 49.1 Å². The zero-order valence-corrected chi connectivity index (χ0v) is 19.9. The molecule has 0 amide bonds. The van der Waals surface area contributed by atoms with Crippen molar-refractivity contribution in [3.8, 4) is 11.9 Å². The zero-order chi connectivity index (χ0) is 25.6. The van der Waals surface area contributed by atoms with Crippen molar-refractivity contribution < 1.29 is 23.4 Å². The number of piperidine rings is 1. The molecule has 0 bridgehead atoms. The molecule has 8 nitrogen and oxygen atoms in total. The van der Waals surface area contributed by atoms with Gasteiger partial charge in [0.05, 0.1) is 17.2 Å². The molecule has 0 unspecified atom stereocenters. The SMILES string of the molecule is Cc1cc(-n2cc(CN3CC[C@@H](O)[C@H](c4ccc5c(c4C)COC5=O)C3)c(C(F)F)n2)ncc1C#N. The molecule has 0 radical (unpaired) electrons. The molecule has 10 heteroatoms. The topological polar surface area (TPSA) is 104 Å². The Labute approximate surface area is 206 Å². The van der Waals surface area contributed by atoms with Gasteiger partial charge in [0.25, 0.3) is 6.43 Å². The Morgan fingerprint density at radius 3 is 2.86 bits per heavy atom. The molecule has 0 spiro atoms. The molecule has 1 N–H and O–H groups in total. The van der Waals surface area contributed by atoms with Gasteiger partial charge in [0.1, 0.15) is 18.4 Å². The number of carbonyl (C=O) groups is 1. The van der Waals surface area contributed by atoms with E-state index in [9.17, 15) is 18.7 Å². The molecule has 1 fully saturated rings. The Hall–Kier alpha value is -3.68. The van der Waals surface area contributed by atoms with Crippen LogP contribution in [0.1, 0.15) is 68.2 Å². The second-order valence-electron chi connectivity index (χ2n) is 9.33. The second kappa shape index (κ2) is 9.41. The number of carbonyl (C=O) groups excluding carboxylic acids is 1. The highest BCUT2D eigenvalue weighted by Crippen LogP contribution is 2.35. The number of halogens is 2. The lowest BCUT2D eigenvalue weighted by Gasteiger charge is -2.37. The van der Waals surface area contributed by atoms with E-state index >= 15 is 0 Å². The number of esters is 1. The fourth-order valence-electron chi connectivity index (χ4n) is 5.10. The van der Waals surface area contributed by atoms with Gasteiger partial charge < -0.3 is 9.84 Å². The number of alkyl halides is 2. The van der Waals surface area contributed by atoms with Crippen LogP contribution in [0.25, 0.3) is 5.82 Å². The first kappa shape index (κ1) is 24.0. The number of nitrogens with zero attached hydrogens (tertiary/aromatic N) is 5. The largest absolute Gasteiger partial charge is 0.457 e. The van der Waals surface area contributed by atoms with Crippen molar-refractivity contribution in [2.75, 3.05) is 13.1 Å². The lowest BCUT2D eigenvalue weighted by atomic mass is 9.83. The molecule has 0 aliphatic carbocycles. The molecule has 2 aliphatic rings. The van der Waals surface area contributed by atoms with E-state index < -0.39 is 12.5 Å². The number of likely N-dealkylation sites (tertiary alicyclic amines) is 1. The van der Waals surface area contributed by atoms with Crippen molar-refractivity contribution in [3.63, 3.8) is 0 Å². The number of benzene rings is 1. The summed E-state index contributed by atoms with van der Waals surface area (Å²) in [5.41, 5.74) is 4.42. The van der Waals surface area contributed by atoms with Crippen LogP contribution in [-0.2, 0) is 17.9 Å². The normalized spacial score (nSPS) is 19.9. The van der Waals surface area contributed by atoms with E-state index in [2.05, 4.69) is 10.1 Å². The van der Waals surface area contributed by atoms with E-state index in [-0.39, 0.29) is 30.7 Å². The molecule has 4 heterocycles. The van der Waals surface area contributed by atoms with Crippen LogP contribution in [0.4, 0.5) is 8.78 Å². The van der Waals surface area contributed by atoms with Gasteiger partial charge >= 0.3 is 5.97 Å². The summed E-state index contributed by atoms with van der Waals surface area (Å²) in [6, 6.07) is 7.28. The first-order valence-electron chi connectivity index (χ1n) is 11.7. The highest BCUT2D eigenvalue weighted by molar-refractivity contribution is 5.94. The van der Waals surface area contributed by atoms with E-state index in [1.54, 1.807) is 25.3 Å². The summed E-state index contributed by atoms with van der Waals surface area (Å²) in [4.78, 5) is 18.1. The maximum atomic E-state index is 13.9. The average molecular weight is 494 g/mol. The lowest BCUT2D eigenvalue weighted by molar-refractivity contribution is 0.0532. The van der Waals surface area contributed by atoms with Gasteiger partial charge in [-0.25, -0.2) is 23.2 Å². The number of hydrogen-bond donors (Lipinski definition) is 1. The smallest absolute Gasteiger partial charge is 0.338 e. The number of aryl methyl sites for hydroxylation is 1. The summed E-state index contributed by atoms with van der Waals surface area (Å²) in [5, 5.41) is 24.0. The molecule has 0 saturated carbocycles. The van der Waals surface area contributed by atoms with Crippen LogP contribution in [0.15, 0.2) is 30.6 Å². The molecule has 2 atom stereocenters. The van der Waals surface area contributed by atoms with Gasteiger partial charge in [-0.3, -0.25) is 4.90 Å². The van der Waals surface area contributed by atoms with Gasteiger partial charge in [0.2, 0.25) is 0 Å². The highest BCUT2D eigenvalue weighted by Gasteiger charge is 2.33. The second-order valence-corrected chi connectivity index (χ2v) is 9.33. The molecule has 5 rings (SSSR count). The summed E-state index contributed by atoms with van der Waals surface area (Å²) in [7, 11) is 0. The number of nitriles is 1. The van der Waals surface area contributed by atoms with Crippen LogP contribution in [-0.4, -0.2) is 49.9 Å². The number of pyridine rings is 1. The van der Waals surface area contributed by atoms with E-state index in [0.717, 1.165) is 16.7 Å². The predicted octanol–water partition coefficient (Wildman–Crippen LogP) is 3.71. The Balaban J connectivity index is 1.40. The summed E-state index contributed by atoms with van der Waals surface area (Å²) in [6.45, 7) is 5.16. The average Bonchev–Trinajstić information content (AvgIpc) is 3.45. The molecule has 2 aliphatic heterocycles. The molecule has 186 valence electrons. The summed E-state index contributed by atoms with van der Waals surface area (Å²) in [6.07, 6.45) is 0.106. The van der Waals surface area contributed by atoms with Crippen molar-refractivity contribution in [3.05, 3.63) is 75.2 Å². The van der Waals surface area contributed by atoms with Crippen molar-refractivity contribution in [1.29, 1.82) is 5.26 Å². The minimum Gasteiger partial charge on any atom is -0.457 e. The first-order valence-corrected chi connectivity index (χ1v) is 11.7. The molecule has 1 saturated heterocycles. The molecular formula is C26H25F2N5O3. The van der Waals surface area contributed by atoms with E-state index in [0.29, 0.717) is 47.6 Å². The molecular weight excluding hydrogens is 468 g/mol. The van der Waals surface area contributed by atoms with Gasteiger partial charge in [0.15, 0.2) is 5.82 Å². The van der Waals surface area contributed by atoms with Crippen LogP contribution < -0.4 is 0 Å². The first-order chi connectivity index (χ1) is 17.3. The quantitative estimate of drug-likeness (QED) is 0.540. The van der Waals surface area contributed by atoms with Crippen LogP contribution in [0.5, 0.6) is 0 Å². The maximum absolute atomic E-state index is 13.9. The summed E-state index contributed by atoms with van der Waals surface area (Å²) >= 11 is 0. The fourth-order valence-corrected chi connectivity index (χ4v) is 5.10. The van der Waals surface area contributed by atoms with Crippen molar-refractivity contribution >= 4 is 5.97 Å². The molecule has 2 aromatic heterocycles. The monoisotopic (exact) mass is 493 g/mol. The third-order valence-electron chi connectivity index (χ3n) is 7.14. The summed E-state index contributed by atoms with van der Waals surface area (Å²) < 4.78 is 34.3. The van der Waals surface area contributed by atoms with E-state index in [4.69, 9.17) is 10.00 Å².